The van der Waals surface area contributed by atoms with Crippen LogP contribution in [0.15, 0.2) is 0 Å². The van der Waals surface area contributed by atoms with Crippen LogP contribution in [-0.2, 0) is 10.0 Å². The number of thioether (sulfide) groups is 1. The van der Waals surface area contributed by atoms with E-state index in [2.05, 4.69) is 11.6 Å². The summed E-state index contributed by atoms with van der Waals surface area (Å²) in [6.45, 7) is 4.04. The smallest absolute Gasteiger partial charge is 0.211 e. The van der Waals surface area contributed by atoms with Crippen molar-refractivity contribution >= 4 is 21.8 Å². The van der Waals surface area contributed by atoms with Crippen LogP contribution in [0.2, 0.25) is 0 Å². The normalized spacial score (nSPS) is 27.1. The maximum absolute atomic E-state index is 11.5. The predicted octanol–water partition coefficient (Wildman–Crippen LogP) is 1.99. The van der Waals surface area contributed by atoms with Gasteiger partial charge in [0, 0.05) is 11.3 Å². The van der Waals surface area contributed by atoms with Crippen LogP contribution in [0.1, 0.15) is 39.5 Å². The zero-order chi connectivity index (χ0) is 11.3. The van der Waals surface area contributed by atoms with Crippen LogP contribution >= 0.6 is 11.8 Å². The van der Waals surface area contributed by atoms with Crippen molar-refractivity contribution in [3.8, 4) is 0 Å². The second kappa shape index (κ2) is 6.11. The highest BCUT2D eigenvalue weighted by Gasteiger charge is 2.27. The molecule has 0 aromatic rings. The van der Waals surface area contributed by atoms with Gasteiger partial charge in [0.1, 0.15) is 0 Å². The third-order valence-corrected chi connectivity index (χ3v) is 5.48. The zero-order valence-electron chi connectivity index (χ0n) is 9.53. The molecule has 0 bridgehead atoms. The minimum atomic E-state index is -3.01. The van der Waals surface area contributed by atoms with Crippen molar-refractivity contribution in [1.82, 2.24) is 4.72 Å². The molecule has 5 heteroatoms. The standard InChI is InChI=1S/C10H21NO2S2/c1-3-7-15(12,13)11-9-5-6-10(8-9)14-4-2/h9-11H,3-8H2,1-2H3. The Morgan fingerprint density at radius 1 is 1.33 bits per heavy atom. The first-order valence-electron chi connectivity index (χ1n) is 5.69. The average molecular weight is 251 g/mol. The number of hydrogen-bond donors (Lipinski definition) is 1. The minimum absolute atomic E-state index is 0.186. The molecule has 90 valence electrons. The molecule has 1 fully saturated rings. The Morgan fingerprint density at radius 3 is 2.67 bits per heavy atom. The molecule has 2 atom stereocenters. The van der Waals surface area contributed by atoms with Crippen LogP contribution in [0.3, 0.4) is 0 Å². The Labute approximate surface area is 97.5 Å². The molecule has 15 heavy (non-hydrogen) atoms. The fourth-order valence-electron chi connectivity index (χ4n) is 2.02. The Bertz CT molecular complexity index is 277. The van der Waals surface area contributed by atoms with E-state index in [0.29, 0.717) is 11.7 Å². The van der Waals surface area contributed by atoms with Crippen molar-refractivity contribution in [2.45, 2.75) is 50.8 Å². The molecule has 0 heterocycles. The van der Waals surface area contributed by atoms with Crippen molar-refractivity contribution in [2.75, 3.05) is 11.5 Å². The van der Waals surface area contributed by atoms with Gasteiger partial charge in [-0.05, 0) is 31.4 Å². The second-order valence-corrected chi connectivity index (χ2v) is 7.47. The van der Waals surface area contributed by atoms with Crippen molar-refractivity contribution in [2.24, 2.45) is 0 Å². The van der Waals surface area contributed by atoms with Crippen LogP contribution in [0.5, 0.6) is 0 Å². The Hall–Kier alpha value is 0.260. The third-order valence-electron chi connectivity index (χ3n) is 2.61. The lowest BCUT2D eigenvalue weighted by atomic mass is 10.3. The van der Waals surface area contributed by atoms with E-state index in [1.165, 1.54) is 0 Å². The van der Waals surface area contributed by atoms with Crippen LogP contribution in [0, 0.1) is 0 Å². The maximum Gasteiger partial charge on any atom is 0.211 e. The molecule has 0 aromatic heterocycles. The topological polar surface area (TPSA) is 46.2 Å². The lowest BCUT2D eigenvalue weighted by Crippen LogP contribution is -2.34. The van der Waals surface area contributed by atoms with Crippen molar-refractivity contribution in [3.05, 3.63) is 0 Å². The molecule has 0 spiro atoms. The number of rotatable bonds is 6. The number of sulfonamides is 1. The first kappa shape index (κ1) is 13.3. The summed E-state index contributed by atoms with van der Waals surface area (Å²) in [5.41, 5.74) is 0. The first-order chi connectivity index (χ1) is 7.07. The molecule has 1 rings (SSSR count). The lowest BCUT2D eigenvalue weighted by molar-refractivity contribution is 0.551. The Morgan fingerprint density at radius 2 is 2.07 bits per heavy atom. The summed E-state index contributed by atoms with van der Waals surface area (Å²) in [5, 5.41) is 0.657. The van der Waals surface area contributed by atoms with Crippen LogP contribution in [0.4, 0.5) is 0 Å². The third kappa shape index (κ3) is 4.74. The first-order valence-corrected chi connectivity index (χ1v) is 8.39. The molecule has 0 aliphatic heterocycles. The van der Waals surface area contributed by atoms with Gasteiger partial charge in [0.05, 0.1) is 5.75 Å². The zero-order valence-corrected chi connectivity index (χ0v) is 11.2. The fraction of sp³-hybridized carbons (Fsp3) is 1.00. The minimum Gasteiger partial charge on any atom is -0.212 e. The molecule has 0 radical (unpaired) electrons. The molecule has 2 unspecified atom stereocenters. The Kier molecular flexibility index (Phi) is 5.43. The summed E-state index contributed by atoms with van der Waals surface area (Å²) in [7, 11) is -3.01. The van der Waals surface area contributed by atoms with Crippen LogP contribution < -0.4 is 4.72 Å². The summed E-state index contributed by atoms with van der Waals surface area (Å²) in [6.07, 6.45) is 3.84. The summed E-state index contributed by atoms with van der Waals surface area (Å²) >= 11 is 1.95. The van der Waals surface area contributed by atoms with E-state index in [-0.39, 0.29) is 11.8 Å². The van der Waals surface area contributed by atoms with Gasteiger partial charge in [-0.25, -0.2) is 13.1 Å². The predicted molar refractivity (Wildman–Crippen MR) is 66.8 cm³/mol. The van der Waals surface area contributed by atoms with Gasteiger partial charge in [-0.15, -0.1) is 0 Å². The summed E-state index contributed by atoms with van der Waals surface area (Å²) in [4.78, 5) is 0. The van der Waals surface area contributed by atoms with Crippen molar-refractivity contribution in [1.29, 1.82) is 0 Å². The van der Waals surface area contributed by atoms with E-state index in [1.54, 1.807) is 0 Å². The molecule has 0 amide bonds. The van der Waals surface area contributed by atoms with E-state index in [4.69, 9.17) is 0 Å². The second-order valence-electron chi connectivity index (χ2n) is 4.02. The molecule has 1 aliphatic carbocycles. The van der Waals surface area contributed by atoms with E-state index in [0.717, 1.165) is 25.0 Å². The molecule has 0 aromatic carbocycles. The highest BCUT2D eigenvalue weighted by atomic mass is 32.2. The Balaban J connectivity index is 2.35. The monoisotopic (exact) mass is 251 g/mol. The van der Waals surface area contributed by atoms with Crippen molar-refractivity contribution in [3.63, 3.8) is 0 Å². The van der Waals surface area contributed by atoms with Gasteiger partial charge in [-0.3, -0.25) is 0 Å². The largest absolute Gasteiger partial charge is 0.212 e. The van der Waals surface area contributed by atoms with Gasteiger partial charge in [0.25, 0.3) is 0 Å². The fourth-order valence-corrected chi connectivity index (χ4v) is 4.54. The van der Waals surface area contributed by atoms with Gasteiger partial charge < -0.3 is 0 Å². The van der Waals surface area contributed by atoms with E-state index in [1.807, 2.05) is 18.7 Å². The highest BCUT2D eigenvalue weighted by molar-refractivity contribution is 7.99. The van der Waals surface area contributed by atoms with Crippen LogP contribution in [0.25, 0.3) is 0 Å². The lowest BCUT2D eigenvalue weighted by Gasteiger charge is -2.12. The molecule has 1 saturated carbocycles. The van der Waals surface area contributed by atoms with Crippen LogP contribution in [-0.4, -0.2) is 31.2 Å². The van der Waals surface area contributed by atoms with E-state index in [9.17, 15) is 8.42 Å². The molecule has 1 N–H and O–H groups in total. The van der Waals surface area contributed by atoms with E-state index < -0.39 is 10.0 Å². The SMILES string of the molecule is CCCS(=O)(=O)NC1CCC(SCC)C1. The van der Waals surface area contributed by atoms with Gasteiger partial charge in [0.15, 0.2) is 0 Å². The molecule has 0 saturated heterocycles. The van der Waals surface area contributed by atoms with Crippen molar-refractivity contribution < 1.29 is 8.42 Å². The number of nitrogens with one attached hydrogen (secondary N) is 1. The van der Waals surface area contributed by atoms with E-state index >= 15 is 0 Å². The highest BCUT2D eigenvalue weighted by Crippen LogP contribution is 2.29. The van der Waals surface area contributed by atoms with Gasteiger partial charge in [-0.1, -0.05) is 13.8 Å². The van der Waals surface area contributed by atoms with Gasteiger partial charge >= 0.3 is 0 Å². The maximum atomic E-state index is 11.5. The molecule has 3 nitrogen and oxygen atoms in total. The molecular formula is C10H21NO2S2. The van der Waals surface area contributed by atoms with Gasteiger partial charge in [0.2, 0.25) is 10.0 Å². The summed E-state index contributed by atoms with van der Waals surface area (Å²) in [6, 6.07) is 0.186. The molecular weight excluding hydrogens is 230 g/mol. The van der Waals surface area contributed by atoms with Gasteiger partial charge in [-0.2, -0.15) is 11.8 Å². The number of hydrogen-bond acceptors (Lipinski definition) is 3. The molecule has 1 aliphatic rings. The average Bonchev–Trinajstić information content (AvgIpc) is 2.52. The summed E-state index contributed by atoms with van der Waals surface area (Å²) in [5.74, 6) is 1.38. The summed E-state index contributed by atoms with van der Waals surface area (Å²) < 4.78 is 25.9. The quantitative estimate of drug-likeness (QED) is 0.785.